The topological polar surface area (TPSA) is 44.5 Å². The normalized spacial score (nSPS) is 12.0. The largest absolute Gasteiger partial charge is 0.497 e. The summed E-state index contributed by atoms with van der Waals surface area (Å²) >= 11 is 0. The molecular weight excluding hydrogens is 262 g/mol. The van der Waals surface area contributed by atoms with Gasteiger partial charge >= 0.3 is 0 Å². The van der Waals surface area contributed by atoms with Crippen LogP contribution in [0.2, 0.25) is 0 Å². The number of methoxy groups -OCH3 is 2. The maximum atomic E-state index is 6.38. The highest BCUT2D eigenvalue weighted by Gasteiger charge is 2.12. The Hall–Kier alpha value is -2.00. The lowest BCUT2D eigenvalue weighted by molar-refractivity contribution is 0.393. The van der Waals surface area contributed by atoms with Crippen LogP contribution in [0.3, 0.4) is 0 Å². The van der Waals surface area contributed by atoms with Gasteiger partial charge in [0, 0.05) is 6.07 Å². The highest BCUT2D eigenvalue weighted by Crippen LogP contribution is 2.28. The van der Waals surface area contributed by atoms with Crippen molar-refractivity contribution in [3.05, 3.63) is 59.2 Å². The summed E-state index contributed by atoms with van der Waals surface area (Å²) in [6, 6.07) is 14.1. The minimum absolute atomic E-state index is 0.190. The zero-order valence-electron chi connectivity index (χ0n) is 12.9. The molecule has 0 amide bonds. The summed E-state index contributed by atoms with van der Waals surface area (Å²) in [6.07, 6.45) is 2.25. The molecule has 2 rings (SSSR count). The summed E-state index contributed by atoms with van der Waals surface area (Å²) in [5.74, 6) is 1.50. The highest BCUT2D eigenvalue weighted by molar-refractivity contribution is 5.43. The molecule has 0 bridgehead atoms. The maximum Gasteiger partial charge on any atom is 0.122 e. The first kappa shape index (κ1) is 15.4. The minimum atomic E-state index is -0.190. The van der Waals surface area contributed by atoms with Gasteiger partial charge in [0.2, 0.25) is 0 Å². The molecule has 21 heavy (non-hydrogen) atoms. The maximum absolute atomic E-state index is 6.38. The van der Waals surface area contributed by atoms with Gasteiger partial charge in [-0.25, -0.2) is 0 Å². The Bertz CT molecular complexity index is 556. The fraction of sp³-hybridized carbons (Fsp3) is 0.333. The molecular formula is C18H23NO2. The SMILES string of the molecule is CCCc1ccc(C(N)c2cc(OC)cc(OC)c2)cc1. The van der Waals surface area contributed by atoms with E-state index in [2.05, 4.69) is 31.2 Å². The lowest BCUT2D eigenvalue weighted by Crippen LogP contribution is -2.12. The number of ether oxygens (including phenoxy) is 2. The molecule has 0 spiro atoms. The van der Waals surface area contributed by atoms with Gasteiger partial charge in [-0.15, -0.1) is 0 Å². The molecule has 0 saturated heterocycles. The molecule has 2 aromatic carbocycles. The molecule has 1 unspecified atom stereocenters. The number of nitrogens with two attached hydrogens (primary N) is 1. The Morgan fingerprint density at radius 2 is 1.48 bits per heavy atom. The third-order valence-corrected chi connectivity index (χ3v) is 3.61. The van der Waals surface area contributed by atoms with Crippen molar-refractivity contribution >= 4 is 0 Å². The fourth-order valence-corrected chi connectivity index (χ4v) is 2.38. The van der Waals surface area contributed by atoms with Gasteiger partial charge < -0.3 is 15.2 Å². The number of benzene rings is 2. The number of hydrogen-bond acceptors (Lipinski definition) is 3. The Morgan fingerprint density at radius 3 is 1.95 bits per heavy atom. The van der Waals surface area contributed by atoms with E-state index in [1.165, 1.54) is 5.56 Å². The molecule has 0 aliphatic rings. The van der Waals surface area contributed by atoms with Crippen LogP contribution in [0.5, 0.6) is 11.5 Å². The van der Waals surface area contributed by atoms with E-state index in [4.69, 9.17) is 15.2 Å². The Balaban J connectivity index is 2.28. The van der Waals surface area contributed by atoms with Gasteiger partial charge in [0.05, 0.1) is 20.3 Å². The second-order valence-corrected chi connectivity index (χ2v) is 5.12. The molecule has 0 aliphatic carbocycles. The van der Waals surface area contributed by atoms with Gasteiger partial charge in [0.15, 0.2) is 0 Å². The van der Waals surface area contributed by atoms with Crippen molar-refractivity contribution in [1.82, 2.24) is 0 Å². The standard InChI is InChI=1S/C18H23NO2/c1-4-5-13-6-8-14(9-7-13)18(19)15-10-16(20-2)12-17(11-15)21-3/h6-12,18H,4-5,19H2,1-3H3. The first-order valence-corrected chi connectivity index (χ1v) is 7.25. The Morgan fingerprint density at radius 1 is 0.905 bits per heavy atom. The van der Waals surface area contributed by atoms with Crippen LogP contribution < -0.4 is 15.2 Å². The summed E-state index contributed by atoms with van der Waals surface area (Å²) in [5, 5.41) is 0. The quantitative estimate of drug-likeness (QED) is 0.880. The summed E-state index contributed by atoms with van der Waals surface area (Å²) < 4.78 is 10.6. The van der Waals surface area contributed by atoms with Gasteiger partial charge in [-0.1, -0.05) is 37.6 Å². The molecule has 2 N–H and O–H groups in total. The predicted molar refractivity (Wildman–Crippen MR) is 86.0 cm³/mol. The average molecular weight is 285 g/mol. The van der Waals surface area contributed by atoms with Crippen molar-refractivity contribution in [3.8, 4) is 11.5 Å². The van der Waals surface area contributed by atoms with Crippen molar-refractivity contribution in [2.75, 3.05) is 14.2 Å². The van der Waals surface area contributed by atoms with E-state index >= 15 is 0 Å². The third kappa shape index (κ3) is 3.76. The van der Waals surface area contributed by atoms with Crippen LogP contribution in [-0.2, 0) is 6.42 Å². The molecule has 2 aromatic rings. The Labute approximate surface area is 126 Å². The van der Waals surface area contributed by atoms with Crippen molar-refractivity contribution in [1.29, 1.82) is 0 Å². The predicted octanol–water partition coefficient (Wildman–Crippen LogP) is 3.70. The lowest BCUT2D eigenvalue weighted by atomic mass is 9.97. The van der Waals surface area contributed by atoms with E-state index in [0.29, 0.717) is 0 Å². The summed E-state index contributed by atoms with van der Waals surface area (Å²) in [6.45, 7) is 2.18. The van der Waals surface area contributed by atoms with Crippen LogP contribution in [0.25, 0.3) is 0 Å². The van der Waals surface area contributed by atoms with Crippen LogP contribution in [-0.4, -0.2) is 14.2 Å². The summed E-state index contributed by atoms with van der Waals surface area (Å²) in [7, 11) is 3.28. The third-order valence-electron chi connectivity index (χ3n) is 3.61. The molecule has 0 fully saturated rings. The van der Waals surface area contributed by atoms with E-state index in [9.17, 15) is 0 Å². The van der Waals surface area contributed by atoms with Gasteiger partial charge in [-0.05, 0) is 35.2 Å². The van der Waals surface area contributed by atoms with Gasteiger partial charge in [0.25, 0.3) is 0 Å². The molecule has 0 aliphatic heterocycles. The van der Waals surface area contributed by atoms with Gasteiger partial charge in [-0.2, -0.15) is 0 Å². The van der Waals surface area contributed by atoms with Crippen LogP contribution in [0.1, 0.15) is 36.1 Å². The molecule has 0 saturated carbocycles. The zero-order chi connectivity index (χ0) is 15.2. The van der Waals surface area contributed by atoms with Gasteiger partial charge in [0.1, 0.15) is 11.5 Å². The van der Waals surface area contributed by atoms with Crippen LogP contribution in [0.4, 0.5) is 0 Å². The second kappa shape index (κ2) is 7.14. The zero-order valence-corrected chi connectivity index (χ0v) is 12.9. The molecule has 0 heterocycles. The lowest BCUT2D eigenvalue weighted by Gasteiger charge is -2.15. The van der Waals surface area contributed by atoms with Crippen molar-refractivity contribution in [2.45, 2.75) is 25.8 Å². The van der Waals surface area contributed by atoms with Crippen LogP contribution in [0, 0.1) is 0 Å². The first-order chi connectivity index (χ1) is 10.2. The van der Waals surface area contributed by atoms with Crippen LogP contribution in [0.15, 0.2) is 42.5 Å². The Kier molecular flexibility index (Phi) is 5.23. The van der Waals surface area contributed by atoms with Crippen molar-refractivity contribution in [2.24, 2.45) is 5.73 Å². The van der Waals surface area contributed by atoms with Crippen molar-refractivity contribution < 1.29 is 9.47 Å². The molecule has 0 aromatic heterocycles. The smallest absolute Gasteiger partial charge is 0.122 e. The van der Waals surface area contributed by atoms with E-state index in [1.807, 2.05) is 18.2 Å². The minimum Gasteiger partial charge on any atom is -0.497 e. The molecule has 3 nitrogen and oxygen atoms in total. The molecule has 112 valence electrons. The second-order valence-electron chi connectivity index (χ2n) is 5.12. The van der Waals surface area contributed by atoms with Crippen molar-refractivity contribution in [3.63, 3.8) is 0 Å². The number of aryl methyl sites for hydroxylation is 1. The first-order valence-electron chi connectivity index (χ1n) is 7.25. The summed E-state index contributed by atoms with van der Waals surface area (Å²) in [4.78, 5) is 0. The number of rotatable bonds is 6. The van der Waals surface area contributed by atoms with E-state index < -0.39 is 0 Å². The monoisotopic (exact) mass is 285 g/mol. The van der Waals surface area contributed by atoms with Crippen LogP contribution >= 0.6 is 0 Å². The highest BCUT2D eigenvalue weighted by atomic mass is 16.5. The van der Waals surface area contributed by atoms with E-state index in [-0.39, 0.29) is 6.04 Å². The number of hydrogen-bond donors (Lipinski definition) is 1. The average Bonchev–Trinajstić information content (AvgIpc) is 2.54. The fourth-order valence-electron chi connectivity index (χ4n) is 2.38. The molecule has 0 radical (unpaired) electrons. The molecule has 1 atom stereocenters. The van der Waals surface area contributed by atoms with E-state index in [0.717, 1.165) is 35.5 Å². The van der Waals surface area contributed by atoms with E-state index in [1.54, 1.807) is 14.2 Å². The molecule has 3 heteroatoms. The van der Waals surface area contributed by atoms with Gasteiger partial charge in [-0.3, -0.25) is 0 Å². The summed E-state index contributed by atoms with van der Waals surface area (Å²) in [5.41, 5.74) is 9.79.